The number of benzene rings is 3. The van der Waals surface area contributed by atoms with E-state index < -0.39 is 58.9 Å². The number of hydrogen-bond donors (Lipinski definition) is 4. The largest absolute Gasteiger partial charge is 0.506 e. The highest BCUT2D eigenvalue weighted by Crippen LogP contribution is 2.42. The number of phenols is 1. The van der Waals surface area contributed by atoms with Gasteiger partial charge in [-0.25, -0.2) is 9.59 Å². The van der Waals surface area contributed by atoms with Gasteiger partial charge in [0.1, 0.15) is 34.6 Å². The Bertz CT molecular complexity index is 1770. The Labute approximate surface area is 293 Å². The number of nitrogens with zero attached hydrogens (tertiary/aromatic N) is 1. The van der Waals surface area contributed by atoms with E-state index in [0.717, 1.165) is 11.1 Å². The van der Waals surface area contributed by atoms with Crippen molar-refractivity contribution in [1.29, 1.82) is 0 Å². The van der Waals surface area contributed by atoms with Crippen LogP contribution in [-0.2, 0) is 33.4 Å². The number of carbonyl (C=O) groups excluding carboxylic acids is 5. The maximum absolute atomic E-state index is 13.9. The lowest BCUT2D eigenvalue weighted by atomic mass is 10.0. The number of anilines is 1. The molecule has 2 heterocycles. The molecule has 14 heteroatoms. The standard InChI is InChI=1S/C36H38N4O9S/c1-20(41)37-24-18-23(16-17-25(24)42)27(39-35(46)49-36(2,3)4)31(43)38-28-32(44)40-29(26(47-5)19-50-33(28)40)34(45)48-30(21-12-8-6-9-13-21)22-14-10-7-11-15-22/h6-18,27-28,30,33,42H,19H2,1-5H3,(H,37,41)(H,38,43)(H,39,46)/t27-,28-,33-/m1/s1. The predicted molar refractivity (Wildman–Crippen MR) is 184 cm³/mol. The summed E-state index contributed by atoms with van der Waals surface area (Å²) < 4.78 is 17.0. The van der Waals surface area contributed by atoms with Crippen LogP contribution in [0.15, 0.2) is 90.3 Å². The van der Waals surface area contributed by atoms with Gasteiger partial charge in [-0.3, -0.25) is 19.3 Å². The summed E-state index contributed by atoms with van der Waals surface area (Å²) in [5.41, 5.74) is 0.707. The first-order valence-electron chi connectivity index (χ1n) is 15.7. The molecule has 2 aliphatic heterocycles. The highest BCUT2D eigenvalue weighted by atomic mass is 32.2. The molecule has 5 rings (SSSR count). The second-order valence-corrected chi connectivity index (χ2v) is 13.6. The van der Waals surface area contributed by atoms with E-state index in [1.165, 1.54) is 48.9 Å². The molecule has 1 fully saturated rings. The van der Waals surface area contributed by atoms with Gasteiger partial charge in [-0.2, -0.15) is 0 Å². The van der Waals surface area contributed by atoms with Gasteiger partial charge in [-0.15, -0.1) is 11.8 Å². The van der Waals surface area contributed by atoms with E-state index in [1.54, 1.807) is 20.8 Å². The van der Waals surface area contributed by atoms with Crippen LogP contribution in [-0.4, -0.2) is 69.7 Å². The summed E-state index contributed by atoms with van der Waals surface area (Å²) in [7, 11) is 1.40. The number of phenolic OH excluding ortho intramolecular Hbond substituents is 1. The third-order valence-electron chi connectivity index (χ3n) is 7.69. The molecule has 0 bridgehead atoms. The lowest BCUT2D eigenvalue weighted by Gasteiger charge is -2.49. The van der Waals surface area contributed by atoms with Crippen molar-refractivity contribution in [3.63, 3.8) is 0 Å². The zero-order valence-electron chi connectivity index (χ0n) is 28.1. The van der Waals surface area contributed by atoms with Crippen molar-refractivity contribution in [3.8, 4) is 5.75 Å². The quantitative estimate of drug-likeness (QED) is 0.134. The van der Waals surface area contributed by atoms with Crippen LogP contribution in [0, 0.1) is 0 Å². The molecule has 0 aromatic heterocycles. The Kier molecular flexibility index (Phi) is 10.7. The Morgan fingerprint density at radius 3 is 2.12 bits per heavy atom. The minimum Gasteiger partial charge on any atom is -0.506 e. The second kappa shape index (κ2) is 14.9. The maximum Gasteiger partial charge on any atom is 0.408 e. The third kappa shape index (κ3) is 8.03. The number of β-lactam (4-membered cyclic amide) rings is 1. The molecule has 0 saturated carbocycles. The number of fused-ring (bicyclic) bond motifs is 1. The van der Waals surface area contributed by atoms with E-state index in [9.17, 15) is 29.1 Å². The highest BCUT2D eigenvalue weighted by Gasteiger charge is 2.55. The fraction of sp³-hybridized carbons (Fsp3) is 0.306. The third-order valence-corrected chi connectivity index (χ3v) is 8.94. The molecule has 13 nitrogen and oxygen atoms in total. The van der Waals surface area contributed by atoms with Gasteiger partial charge in [0.2, 0.25) is 11.8 Å². The molecule has 50 heavy (non-hydrogen) atoms. The summed E-state index contributed by atoms with van der Waals surface area (Å²) in [4.78, 5) is 67.3. The van der Waals surface area contributed by atoms with E-state index in [-0.39, 0.29) is 34.2 Å². The van der Waals surface area contributed by atoms with E-state index >= 15 is 0 Å². The average molecular weight is 703 g/mol. The molecule has 0 aliphatic carbocycles. The normalized spacial score (nSPS) is 17.6. The molecule has 4 amide bonds. The molecule has 0 unspecified atom stereocenters. The van der Waals surface area contributed by atoms with Crippen molar-refractivity contribution < 1.29 is 43.3 Å². The van der Waals surface area contributed by atoms with Gasteiger partial charge >= 0.3 is 12.1 Å². The Balaban J connectivity index is 1.39. The monoisotopic (exact) mass is 702 g/mol. The van der Waals surface area contributed by atoms with Crippen LogP contribution in [0.5, 0.6) is 5.75 Å². The number of rotatable bonds is 10. The summed E-state index contributed by atoms with van der Waals surface area (Å²) in [6.45, 7) is 6.23. The molecular weight excluding hydrogens is 664 g/mol. The first-order valence-corrected chi connectivity index (χ1v) is 16.8. The predicted octanol–water partition coefficient (Wildman–Crippen LogP) is 4.51. The number of amides is 4. The lowest BCUT2D eigenvalue weighted by molar-refractivity contribution is -0.155. The lowest BCUT2D eigenvalue weighted by Crippen LogP contribution is -2.71. The number of alkyl carbamates (subject to hydrolysis) is 1. The molecular formula is C36H38N4O9S. The SMILES string of the molecule is COC1=C(C(=O)OC(c2ccccc2)c2ccccc2)N2C(=O)[C@@H](NC(=O)[C@H](NC(=O)OC(C)(C)C)c3ccc(O)c(NC(C)=O)c3)[C@H]2SC1. The van der Waals surface area contributed by atoms with E-state index in [2.05, 4.69) is 16.0 Å². The van der Waals surface area contributed by atoms with E-state index in [4.69, 9.17) is 14.2 Å². The van der Waals surface area contributed by atoms with Crippen molar-refractivity contribution in [2.24, 2.45) is 0 Å². The number of nitrogens with one attached hydrogen (secondary N) is 3. The van der Waals surface area contributed by atoms with Crippen LogP contribution in [0.1, 0.15) is 56.5 Å². The second-order valence-electron chi connectivity index (χ2n) is 12.5. The number of methoxy groups -OCH3 is 1. The number of esters is 1. The van der Waals surface area contributed by atoms with Crippen molar-refractivity contribution in [2.75, 3.05) is 18.2 Å². The Hall–Kier alpha value is -5.50. The molecule has 0 radical (unpaired) electrons. The summed E-state index contributed by atoms with van der Waals surface area (Å²) in [5, 5.41) is 17.3. The molecule has 2 aliphatic rings. The van der Waals surface area contributed by atoms with Crippen molar-refractivity contribution >= 4 is 47.2 Å². The van der Waals surface area contributed by atoms with Crippen molar-refractivity contribution in [3.05, 3.63) is 107 Å². The zero-order chi connectivity index (χ0) is 36.2. The Morgan fingerprint density at radius 2 is 1.56 bits per heavy atom. The summed E-state index contributed by atoms with van der Waals surface area (Å²) >= 11 is 1.28. The number of hydrogen-bond acceptors (Lipinski definition) is 10. The van der Waals surface area contributed by atoms with Crippen LogP contribution in [0.25, 0.3) is 0 Å². The smallest absolute Gasteiger partial charge is 0.408 e. The summed E-state index contributed by atoms with van der Waals surface area (Å²) in [6, 6.07) is 19.9. The van der Waals surface area contributed by atoms with Crippen molar-refractivity contribution in [2.45, 2.75) is 56.9 Å². The summed E-state index contributed by atoms with van der Waals surface area (Å²) in [5.74, 6) is -2.41. The number of ether oxygens (including phenoxy) is 3. The van der Waals surface area contributed by atoms with Gasteiger partial charge in [-0.1, -0.05) is 66.7 Å². The van der Waals surface area contributed by atoms with Gasteiger partial charge in [0.05, 0.1) is 18.6 Å². The van der Waals surface area contributed by atoms with Crippen molar-refractivity contribution in [1.82, 2.24) is 15.5 Å². The van der Waals surface area contributed by atoms with Crippen LogP contribution in [0.2, 0.25) is 0 Å². The summed E-state index contributed by atoms with van der Waals surface area (Å²) in [6.07, 6.45) is -1.69. The molecule has 262 valence electrons. The van der Waals surface area contributed by atoms with Gasteiger partial charge < -0.3 is 35.3 Å². The first kappa shape index (κ1) is 35.8. The number of thioether (sulfide) groups is 1. The van der Waals surface area contributed by atoms with Gasteiger partial charge in [0.15, 0.2) is 11.8 Å². The number of aromatic hydroxyl groups is 1. The van der Waals surface area contributed by atoms with E-state index in [0.29, 0.717) is 0 Å². The minimum absolute atomic E-state index is 0.0113. The molecule has 3 aromatic rings. The molecule has 3 aromatic carbocycles. The van der Waals surface area contributed by atoms with Crippen LogP contribution in [0.3, 0.4) is 0 Å². The van der Waals surface area contributed by atoms with Gasteiger partial charge in [0.25, 0.3) is 5.91 Å². The van der Waals surface area contributed by atoms with Gasteiger partial charge in [-0.05, 0) is 49.6 Å². The van der Waals surface area contributed by atoms with Crippen LogP contribution in [0.4, 0.5) is 10.5 Å². The molecule has 1 saturated heterocycles. The highest BCUT2D eigenvalue weighted by molar-refractivity contribution is 8.00. The minimum atomic E-state index is -1.40. The van der Waals surface area contributed by atoms with Crippen LogP contribution < -0.4 is 16.0 Å². The fourth-order valence-corrected chi connectivity index (χ4v) is 6.78. The topological polar surface area (TPSA) is 173 Å². The maximum atomic E-state index is 13.9. The van der Waals surface area contributed by atoms with E-state index in [1.807, 2.05) is 60.7 Å². The Morgan fingerprint density at radius 1 is 0.940 bits per heavy atom. The fourth-order valence-electron chi connectivity index (χ4n) is 5.47. The average Bonchev–Trinajstić information content (AvgIpc) is 3.08. The number of carbonyl (C=O) groups is 5. The zero-order valence-corrected chi connectivity index (χ0v) is 28.9. The molecule has 0 spiro atoms. The molecule has 4 N–H and O–H groups in total. The van der Waals surface area contributed by atoms with Crippen LogP contribution >= 0.6 is 11.8 Å². The first-order chi connectivity index (χ1) is 23.8. The molecule has 3 atom stereocenters. The van der Waals surface area contributed by atoms with Gasteiger partial charge in [0, 0.05) is 6.92 Å².